The number of hydrogen-bond donors (Lipinski definition) is 1. The highest BCUT2D eigenvalue weighted by Gasteiger charge is 2.13. The van der Waals surface area contributed by atoms with Crippen LogP contribution in [0.3, 0.4) is 0 Å². The maximum atomic E-state index is 6.02. The Kier molecular flexibility index (Phi) is 4.20. The second-order valence-corrected chi connectivity index (χ2v) is 6.26. The monoisotopic (exact) mass is 301 g/mol. The molecular formula is C16H19N3OS. The van der Waals surface area contributed by atoms with Crippen LogP contribution in [0.15, 0.2) is 28.7 Å². The SMILES string of the molecule is CCCCc1oc2ccccc2c1CNc1nnc(C)s1. The fourth-order valence-electron chi connectivity index (χ4n) is 2.41. The van der Waals surface area contributed by atoms with E-state index in [0.717, 1.165) is 40.9 Å². The molecule has 0 bridgehead atoms. The number of para-hydroxylation sites is 1. The molecule has 0 aliphatic rings. The molecule has 0 fully saturated rings. The molecule has 0 atom stereocenters. The van der Waals surface area contributed by atoms with Crippen molar-refractivity contribution in [3.8, 4) is 0 Å². The Morgan fingerprint density at radius 3 is 2.86 bits per heavy atom. The van der Waals surface area contributed by atoms with Crippen molar-refractivity contribution in [1.82, 2.24) is 10.2 Å². The quantitative estimate of drug-likeness (QED) is 0.726. The molecule has 5 heteroatoms. The molecule has 3 rings (SSSR count). The van der Waals surface area contributed by atoms with Crippen molar-refractivity contribution < 1.29 is 4.42 Å². The lowest BCUT2D eigenvalue weighted by atomic mass is 10.1. The zero-order valence-electron chi connectivity index (χ0n) is 12.3. The van der Waals surface area contributed by atoms with Gasteiger partial charge in [-0.1, -0.05) is 42.9 Å². The molecule has 0 saturated carbocycles. The van der Waals surface area contributed by atoms with Crippen LogP contribution < -0.4 is 5.32 Å². The van der Waals surface area contributed by atoms with E-state index in [1.165, 1.54) is 17.4 Å². The van der Waals surface area contributed by atoms with Gasteiger partial charge < -0.3 is 9.73 Å². The van der Waals surface area contributed by atoms with Gasteiger partial charge in [0.2, 0.25) is 5.13 Å². The first-order valence-corrected chi connectivity index (χ1v) is 8.13. The van der Waals surface area contributed by atoms with E-state index in [9.17, 15) is 0 Å². The first-order chi connectivity index (χ1) is 10.3. The summed E-state index contributed by atoms with van der Waals surface area (Å²) in [6.45, 7) is 4.89. The summed E-state index contributed by atoms with van der Waals surface area (Å²) in [4.78, 5) is 0. The highest BCUT2D eigenvalue weighted by atomic mass is 32.1. The van der Waals surface area contributed by atoms with Crippen LogP contribution in [0.5, 0.6) is 0 Å². The molecule has 4 nitrogen and oxygen atoms in total. The standard InChI is InChI=1S/C16H19N3OS/c1-3-4-8-15-13(10-17-16-19-18-11(2)21-16)12-7-5-6-9-14(12)20-15/h5-7,9H,3-4,8,10H2,1-2H3,(H,17,19). The number of fused-ring (bicyclic) bond motifs is 1. The normalized spacial score (nSPS) is 11.1. The van der Waals surface area contributed by atoms with Crippen LogP contribution in [0, 0.1) is 6.92 Å². The third kappa shape index (κ3) is 3.08. The van der Waals surface area contributed by atoms with Gasteiger partial charge in [0, 0.05) is 23.9 Å². The van der Waals surface area contributed by atoms with Gasteiger partial charge in [0.05, 0.1) is 0 Å². The van der Waals surface area contributed by atoms with Gasteiger partial charge >= 0.3 is 0 Å². The molecule has 2 aromatic heterocycles. The maximum absolute atomic E-state index is 6.02. The van der Waals surface area contributed by atoms with Gasteiger partial charge in [0.15, 0.2) is 0 Å². The van der Waals surface area contributed by atoms with E-state index in [1.807, 2.05) is 19.1 Å². The first-order valence-electron chi connectivity index (χ1n) is 7.31. The average Bonchev–Trinajstić information content (AvgIpc) is 3.06. The summed E-state index contributed by atoms with van der Waals surface area (Å²) < 4.78 is 6.02. The number of anilines is 1. The smallest absolute Gasteiger partial charge is 0.205 e. The Labute approximate surface area is 128 Å². The molecule has 0 saturated heterocycles. The van der Waals surface area contributed by atoms with Crippen molar-refractivity contribution in [3.63, 3.8) is 0 Å². The molecule has 0 aliphatic heterocycles. The van der Waals surface area contributed by atoms with Gasteiger partial charge in [-0.15, -0.1) is 10.2 Å². The zero-order chi connectivity index (χ0) is 14.7. The van der Waals surface area contributed by atoms with Crippen LogP contribution in [-0.4, -0.2) is 10.2 Å². The minimum absolute atomic E-state index is 0.727. The summed E-state index contributed by atoms with van der Waals surface area (Å²) in [7, 11) is 0. The molecule has 21 heavy (non-hydrogen) atoms. The number of unbranched alkanes of at least 4 members (excludes halogenated alkanes) is 1. The highest BCUT2D eigenvalue weighted by molar-refractivity contribution is 7.15. The summed E-state index contributed by atoms with van der Waals surface area (Å²) in [5.41, 5.74) is 2.21. The van der Waals surface area contributed by atoms with Crippen molar-refractivity contribution in [1.29, 1.82) is 0 Å². The molecule has 110 valence electrons. The van der Waals surface area contributed by atoms with E-state index in [2.05, 4.69) is 34.6 Å². The number of aryl methyl sites for hydroxylation is 2. The second kappa shape index (κ2) is 6.26. The van der Waals surface area contributed by atoms with E-state index in [1.54, 1.807) is 11.3 Å². The number of hydrogen-bond acceptors (Lipinski definition) is 5. The highest BCUT2D eigenvalue weighted by Crippen LogP contribution is 2.28. The molecule has 1 N–H and O–H groups in total. The van der Waals surface area contributed by atoms with Gasteiger partial charge in [-0.05, 0) is 19.4 Å². The number of benzene rings is 1. The summed E-state index contributed by atoms with van der Waals surface area (Å²) >= 11 is 1.57. The topological polar surface area (TPSA) is 51.0 Å². The average molecular weight is 301 g/mol. The van der Waals surface area contributed by atoms with Crippen LogP contribution in [0.4, 0.5) is 5.13 Å². The Morgan fingerprint density at radius 1 is 1.24 bits per heavy atom. The van der Waals surface area contributed by atoms with Crippen molar-refractivity contribution in [3.05, 3.63) is 40.6 Å². The van der Waals surface area contributed by atoms with E-state index in [0.29, 0.717) is 0 Å². The predicted molar refractivity (Wildman–Crippen MR) is 86.8 cm³/mol. The van der Waals surface area contributed by atoms with Crippen molar-refractivity contribution >= 4 is 27.4 Å². The van der Waals surface area contributed by atoms with Crippen LogP contribution in [0.2, 0.25) is 0 Å². The van der Waals surface area contributed by atoms with Gasteiger partial charge in [0.25, 0.3) is 0 Å². The predicted octanol–water partition coefficient (Wildman–Crippen LogP) is 4.55. The second-order valence-electron chi connectivity index (χ2n) is 5.08. The number of nitrogens with zero attached hydrogens (tertiary/aromatic N) is 2. The van der Waals surface area contributed by atoms with E-state index in [-0.39, 0.29) is 0 Å². The van der Waals surface area contributed by atoms with E-state index >= 15 is 0 Å². The molecule has 0 unspecified atom stereocenters. The van der Waals surface area contributed by atoms with Crippen LogP contribution in [0.1, 0.15) is 36.1 Å². The molecule has 0 spiro atoms. The molecular weight excluding hydrogens is 282 g/mol. The minimum Gasteiger partial charge on any atom is -0.461 e. The van der Waals surface area contributed by atoms with Crippen LogP contribution in [-0.2, 0) is 13.0 Å². The van der Waals surface area contributed by atoms with Gasteiger partial charge in [-0.2, -0.15) is 0 Å². The Bertz CT molecular complexity index is 732. The largest absolute Gasteiger partial charge is 0.461 e. The van der Waals surface area contributed by atoms with E-state index < -0.39 is 0 Å². The first kappa shape index (κ1) is 14.1. The number of rotatable bonds is 6. The molecule has 3 aromatic rings. The number of nitrogens with one attached hydrogen (secondary N) is 1. The van der Waals surface area contributed by atoms with Gasteiger partial charge in [0.1, 0.15) is 16.4 Å². The molecule has 0 radical (unpaired) electrons. The fraction of sp³-hybridized carbons (Fsp3) is 0.375. The minimum atomic E-state index is 0.727. The third-order valence-electron chi connectivity index (χ3n) is 3.48. The Morgan fingerprint density at radius 2 is 2.10 bits per heavy atom. The lowest BCUT2D eigenvalue weighted by molar-refractivity contribution is 0.531. The summed E-state index contributed by atoms with van der Waals surface area (Å²) in [5, 5.41) is 14.5. The molecule has 0 aliphatic carbocycles. The number of furan rings is 1. The van der Waals surface area contributed by atoms with Crippen LogP contribution in [0.25, 0.3) is 11.0 Å². The molecule has 0 amide bonds. The van der Waals surface area contributed by atoms with Crippen molar-refractivity contribution in [2.75, 3.05) is 5.32 Å². The van der Waals surface area contributed by atoms with Crippen LogP contribution >= 0.6 is 11.3 Å². The maximum Gasteiger partial charge on any atom is 0.205 e. The zero-order valence-corrected chi connectivity index (χ0v) is 13.2. The van der Waals surface area contributed by atoms with Crippen molar-refractivity contribution in [2.45, 2.75) is 39.7 Å². The molecule has 1 aromatic carbocycles. The fourth-order valence-corrected chi connectivity index (χ4v) is 3.00. The lowest BCUT2D eigenvalue weighted by Gasteiger charge is -2.03. The number of aromatic nitrogens is 2. The summed E-state index contributed by atoms with van der Waals surface area (Å²) in [5.74, 6) is 1.09. The Hall–Kier alpha value is -1.88. The van der Waals surface area contributed by atoms with Gasteiger partial charge in [-0.3, -0.25) is 0 Å². The van der Waals surface area contributed by atoms with E-state index in [4.69, 9.17) is 4.42 Å². The van der Waals surface area contributed by atoms with Crippen molar-refractivity contribution in [2.24, 2.45) is 0 Å². The summed E-state index contributed by atoms with van der Waals surface area (Å²) in [6, 6.07) is 8.22. The third-order valence-corrected chi connectivity index (χ3v) is 4.28. The van der Waals surface area contributed by atoms with Gasteiger partial charge in [-0.25, -0.2) is 0 Å². The molecule has 2 heterocycles. The Balaban J connectivity index is 1.87. The lowest BCUT2D eigenvalue weighted by Crippen LogP contribution is -2.01. The summed E-state index contributed by atoms with van der Waals surface area (Å²) in [6.07, 6.45) is 3.29.